The van der Waals surface area contributed by atoms with Gasteiger partial charge in [-0.05, 0) is 99.0 Å². The fraction of sp³-hybridized carbons (Fsp3) is 0.500. The molecule has 2 unspecified atom stereocenters. The minimum atomic E-state index is -0.0175. The van der Waals surface area contributed by atoms with E-state index in [9.17, 15) is 4.79 Å². The molecule has 6 aliphatic rings. The van der Waals surface area contributed by atoms with Crippen LogP contribution in [0.5, 0.6) is 0 Å². The molecule has 3 aromatic carbocycles. The van der Waals surface area contributed by atoms with E-state index in [0.29, 0.717) is 17.8 Å². The van der Waals surface area contributed by atoms with Gasteiger partial charge < -0.3 is 9.80 Å². The average molecular weight is 656 g/mol. The lowest BCUT2D eigenvalue weighted by Crippen LogP contribution is -2.56. The number of rotatable bonds is 7. The topological polar surface area (TPSA) is 29.8 Å². The van der Waals surface area contributed by atoms with Crippen molar-refractivity contribution >= 4 is 12.1 Å². The fourth-order valence-corrected chi connectivity index (χ4v) is 10.2. The summed E-state index contributed by atoms with van der Waals surface area (Å²) >= 11 is 0. The van der Waals surface area contributed by atoms with Crippen molar-refractivity contribution in [3.63, 3.8) is 0 Å². The Hall–Kier alpha value is -3.70. The zero-order chi connectivity index (χ0) is 33.4. The summed E-state index contributed by atoms with van der Waals surface area (Å²) in [4.78, 5) is 22.2. The Morgan fingerprint density at radius 3 is 1.94 bits per heavy atom. The monoisotopic (exact) mass is 655 g/mol. The molecule has 1 aliphatic carbocycles. The summed E-state index contributed by atoms with van der Waals surface area (Å²) in [6.07, 6.45) is 14.5. The number of hydrogen-bond acceptors (Lipinski definition) is 3. The number of amides is 1. The first kappa shape index (κ1) is 32.5. The van der Waals surface area contributed by atoms with Crippen molar-refractivity contribution in [2.75, 3.05) is 39.3 Å². The third kappa shape index (κ3) is 6.52. The largest absolute Gasteiger partial charge is 0.374 e. The van der Waals surface area contributed by atoms with Crippen LogP contribution in [0.25, 0.3) is 0 Å². The van der Waals surface area contributed by atoms with Crippen LogP contribution in [0, 0.1) is 5.92 Å². The molecule has 5 fully saturated rings. The predicted octanol–water partition coefficient (Wildman–Crippen LogP) is 8.09. The van der Waals surface area contributed by atoms with E-state index in [1.165, 1.54) is 67.6 Å². The van der Waals surface area contributed by atoms with Crippen molar-refractivity contribution in [1.29, 1.82) is 0 Å². The van der Waals surface area contributed by atoms with Crippen molar-refractivity contribution in [2.24, 2.45) is 5.92 Å². The van der Waals surface area contributed by atoms with Gasteiger partial charge in [0.2, 0.25) is 0 Å². The van der Waals surface area contributed by atoms with Gasteiger partial charge in [-0.15, -0.1) is 0 Å². The van der Waals surface area contributed by atoms with E-state index < -0.39 is 0 Å². The van der Waals surface area contributed by atoms with E-state index in [1.807, 2.05) is 0 Å². The van der Waals surface area contributed by atoms with Gasteiger partial charge in [0.25, 0.3) is 5.91 Å². The summed E-state index contributed by atoms with van der Waals surface area (Å²) in [5.74, 6) is 1.43. The van der Waals surface area contributed by atoms with Crippen LogP contribution in [0.15, 0.2) is 96.7 Å². The summed E-state index contributed by atoms with van der Waals surface area (Å²) in [6, 6.07) is 31.0. The normalized spacial score (nSPS) is 28.6. The summed E-state index contributed by atoms with van der Waals surface area (Å²) < 4.78 is 2.48. The SMILES string of the molecule is CC1(C)CC(N2CCCCC2)=CC=[N+]1Cc1ccc(C(=O)N2CC3C(c4ccccc4)CC(N4CCCC4)(CC3c3ccccc3)C2)cc1. The molecule has 5 heteroatoms. The summed E-state index contributed by atoms with van der Waals surface area (Å²) in [5.41, 5.74) is 6.48. The number of nitrogens with zero attached hydrogens (tertiary/aromatic N) is 4. The van der Waals surface area contributed by atoms with E-state index in [1.54, 1.807) is 0 Å². The Balaban J connectivity index is 1.06. The number of allylic oxidation sites excluding steroid dienone is 1. The van der Waals surface area contributed by atoms with Crippen molar-refractivity contribution in [2.45, 2.75) is 94.7 Å². The summed E-state index contributed by atoms with van der Waals surface area (Å²) in [5, 5.41) is 0. The molecule has 2 bridgehead atoms. The number of fused-ring (bicyclic) bond motifs is 4. The molecule has 5 heterocycles. The van der Waals surface area contributed by atoms with E-state index in [4.69, 9.17) is 0 Å². The first-order valence-corrected chi connectivity index (χ1v) is 19.2. The minimum Gasteiger partial charge on any atom is -0.374 e. The molecule has 5 nitrogen and oxygen atoms in total. The molecule has 2 atom stereocenters. The van der Waals surface area contributed by atoms with Gasteiger partial charge in [0.05, 0.1) is 6.42 Å². The molecular weight excluding hydrogens is 601 g/mol. The molecule has 1 saturated carbocycles. The summed E-state index contributed by atoms with van der Waals surface area (Å²) in [7, 11) is 0. The van der Waals surface area contributed by atoms with E-state index in [0.717, 1.165) is 57.5 Å². The second-order valence-corrected chi connectivity index (χ2v) is 16.4. The first-order valence-electron chi connectivity index (χ1n) is 19.2. The van der Waals surface area contributed by atoms with Crippen molar-refractivity contribution in [1.82, 2.24) is 14.7 Å². The first-order chi connectivity index (χ1) is 23.9. The Labute approximate surface area is 294 Å². The zero-order valence-corrected chi connectivity index (χ0v) is 29.8. The summed E-state index contributed by atoms with van der Waals surface area (Å²) in [6.45, 7) is 11.9. The highest BCUT2D eigenvalue weighted by Gasteiger charge is 2.54. The van der Waals surface area contributed by atoms with Crippen molar-refractivity contribution in [3.8, 4) is 0 Å². The Kier molecular flexibility index (Phi) is 8.99. The van der Waals surface area contributed by atoms with Crippen LogP contribution in [0.2, 0.25) is 0 Å². The molecule has 0 aromatic heterocycles. The second-order valence-electron chi connectivity index (χ2n) is 16.4. The minimum absolute atomic E-state index is 0.0175. The predicted molar refractivity (Wildman–Crippen MR) is 199 cm³/mol. The Bertz CT molecular complexity index is 1620. The smallest absolute Gasteiger partial charge is 0.253 e. The maximum atomic E-state index is 14.6. The molecule has 0 radical (unpaired) electrons. The molecular formula is C44H55N4O+. The van der Waals surface area contributed by atoms with Gasteiger partial charge in [-0.2, -0.15) is 0 Å². The van der Waals surface area contributed by atoms with Crippen LogP contribution in [0.4, 0.5) is 0 Å². The van der Waals surface area contributed by atoms with E-state index in [2.05, 4.69) is 130 Å². The standard InChI is InChI=1S/C44H55N4O/c1-43(2)28-38(45-23-10-5-11-24-45)22-27-48(43)31-34-18-20-37(21-19-34)42(49)46-32-41-39(35-14-6-3-7-15-35)29-44(33-46,47-25-12-13-26-47)30-40(41)36-16-8-4-9-17-36/h3-4,6-9,14-22,27,39-41H,5,10-13,23-26,28-33H2,1-2H3/q+1. The fourth-order valence-electron chi connectivity index (χ4n) is 10.2. The van der Waals surface area contributed by atoms with Gasteiger partial charge in [-0.3, -0.25) is 9.69 Å². The quantitative estimate of drug-likeness (QED) is 0.241. The van der Waals surface area contributed by atoms with Gasteiger partial charge in [-0.1, -0.05) is 72.8 Å². The molecule has 49 heavy (non-hydrogen) atoms. The molecule has 3 aromatic rings. The number of piperidine rings is 1. The molecule has 0 N–H and O–H groups in total. The van der Waals surface area contributed by atoms with Crippen LogP contribution in [0.1, 0.15) is 104 Å². The van der Waals surface area contributed by atoms with Gasteiger partial charge in [0.1, 0.15) is 0 Å². The van der Waals surface area contributed by atoms with Crippen LogP contribution >= 0.6 is 0 Å². The van der Waals surface area contributed by atoms with Gasteiger partial charge in [0, 0.05) is 68.5 Å². The van der Waals surface area contributed by atoms with Crippen LogP contribution in [-0.4, -0.2) is 81.7 Å². The molecule has 4 saturated heterocycles. The number of likely N-dealkylation sites (tertiary alicyclic amines) is 2. The lowest BCUT2D eigenvalue weighted by Gasteiger charge is -2.50. The highest BCUT2D eigenvalue weighted by Crippen LogP contribution is 2.55. The van der Waals surface area contributed by atoms with E-state index in [-0.39, 0.29) is 17.0 Å². The van der Waals surface area contributed by atoms with Gasteiger partial charge >= 0.3 is 0 Å². The van der Waals surface area contributed by atoms with Crippen LogP contribution < -0.4 is 0 Å². The lowest BCUT2D eigenvalue weighted by molar-refractivity contribution is -0.612. The maximum absolute atomic E-state index is 14.6. The third-order valence-corrected chi connectivity index (χ3v) is 12.8. The number of hydrogen-bond donors (Lipinski definition) is 0. The molecule has 1 amide bonds. The maximum Gasteiger partial charge on any atom is 0.253 e. The highest BCUT2D eigenvalue weighted by atomic mass is 16.2. The van der Waals surface area contributed by atoms with Gasteiger partial charge in [-0.25, -0.2) is 4.58 Å². The van der Waals surface area contributed by atoms with Crippen molar-refractivity contribution < 1.29 is 9.37 Å². The molecule has 9 rings (SSSR count). The van der Waals surface area contributed by atoms with Crippen molar-refractivity contribution in [3.05, 3.63) is 119 Å². The van der Waals surface area contributed by atoms with Crippen LogP contribution in [-0.2, 0) is 6.54 Å². The average Bonchev–Trinajstić information content (AvgIpc) is 3.58. The van der Waals surface area contributed by atoms with Gasteiger partial charge in [0.15, 0.2) is 18.3 Å². The number of carbonyl (C=O) groups is 1. The number of benzene rings is 3. The van der Waals surface area contributed by atoms with Crippen LogP contribution in [0.3, 0.4) is 0 Å². The Morgan fingerprint density at radius 1 is 0.755 bits per heavy atom. The number of carbonyl (C=O) groups excluding carboxylic acids is 1. The Morgan fingerprint density at radius 2 is 1.35 bits per heavy atom. The van der Waals surface area contributed by atoms with E-state index >= 15 is 0 Å². The molecule has 5 aliphatic heterocycles. The highest BCUT2D eigenvalue weighted by molar-refractivity contribution is 5.94. The lowest BCUT2D eigenvalue weighted by atomic mass is 9.61. The third-order valence-electron chi connectivity index (χ3n) is 12.8. The molecule has 256 valence electrons. The molecule has 0 spiro atoms. The second kappa shape index (κ2) is 13.5. The zero-order valence-electron chi connectivity index (χ0n) is 29.8.